The Morgan fingerprint density at radius 2 is 1.73 bits per heavy atom. The van der Waals surface area contributed by atoms with Crippen LogP contribution in [0.4, 0.5) is 0 Å². The molecule has 1 saturated heterocycles. The molecule has 33 heavy (non-hydrogen) atoms. The van der Waals surface area contributed by atoms with Crippen molar-refractivity contribution in [2.75, 3.05) is 52.5 Å². The van der Waals surface area contributed by atoms with Crippen LogP contribution < -0.4 is 5.32 Å². The first kappa shape index (κ1) is 24.9. The summed E-state index contributed by atoms with van der Waals surface area (Å²) in [7, 11) is 0. The van der Waals surface area contributed by atoms with Crippen LogP contribution >= 0.6 is 0 Å². The zero-order valence-corrected chi connectivity index (χ0v) is 19.8. The molecule has 0 saturated carbocycles. The molecule has 0 unspecified atom stereocenters. The van der Waals surface area contributed by atoms with Crippen molar-refractivity contribution in [3.05, 3.63) is 36.0 Å². The number of amides is 2. The normalized spacial score (nSPS) is 14.1. The predicted molar refractivity (Wildman–Crippen MR) is 128 cm³/mol. The van der Waals surface area contributed by atoms with E-state index in [1.807, 2.05) is 24.3 Å². The lowest BCUT2D eigenvalue weighted by atomic mass is 10.1. The largest absolute Gasteiger partial charge is 0.378 e. The Morgan fingerprint density at radius 3 is 2.42 bits per heavy atom. The molecule has 0 bridgehead atoms. The number of para-hydroxylation sites is 1. The van der Waals surface area contributed by atoms with Crippen LogP contribution in [0, 0.1) is 0 Å². The van der Waals surface area contributed by atoms with Crippen molar-refractivity contribution < 1.29 is 19.1 Å². The summed E-state index contributed by atoms with van der Waals surface area (Å²) in [5.74, 6) is -1.19. The standard InChI is InChI=1S/C25H36N4O4/c1-3-11-27(12-4-2)13-7-10-26-25(32)24(31)21-18-29(22-9-6-5-8-20(21)22)19-23(30)28-14-16-33-17-15-28/h5-6,8-9,18H,3-4,7,10-17,19H2,1-2H3,(H,26,32). The van der Waals surface area contributed by atoms with Crippen LogP contribution in [0.2, 0.25) is 0 Å². The highest BCUT2D eigenvalue weighted by Gasteiger charge is 2.23. The number of fused-ring (bicyclic) bond motifs is 1. The Kier molecular flexibility index (Phi) is 9.45. The third-order valence-electron chi connectivity index (χ3n) is 5.93. The third kappa shape index (κ3) is 6.65. The van der Waals surface area contributed by atoms with Crippen molar-refractivity contribution in [2.45, 2.75) is 39.7 Å². The Balaban J connectivity index is 1.63. The molecular weight excluding hydrogens is 420 g/mol. The monoisotopic (exact) mass is 456 g/mol. The fourth-order valence-corrected chi connectivity index (χ4v) is 4.29. The molecule has 8 heteroatoms. The number of aromatic nitrogens is 1. The maximum Gasteiger partial charge on any atom is 0.292 e. The molecule has 1 fully saturated rings. The highest BCUT2D eigenvalue weighted by molar-refractivity contribution is 6.45. The maximum absolute atomic E-state index is 12.9. The molecule has 1 N–H and O–H groups in total. The van der Waals surface area contributed by atoms with E-state index in [0.717, 1.165) is 44.4 Å². The van der Waals surface area contributed by atoms with Gasteiger partial charge >= 0.3 is 0 Å². The first-order valence-electron chi connectivity index (χ1n) is 12.0. The van der Waals surface area contributed by atoms with E-state index in [2.05, 4.69) is 24.1 Å². The summed E-state index contributed by atoms with van der Waals surface area (Å²) in [5, 5.41) is 3.46. The van der Waals surface area contributed by atoms with Crippen molar-refractivity contribution >= 4 is 28.5 Å². The van der Waals surface area contributed by atoms with E-state index in [1.165, 1.54) is 0 Å². The number of rotatable bonds is 12. The summed E-state index contributed by atoms with van der Waals surface area (Å²) >= 11 is 0. The molecule has 3 rings (SSSR count). The SMILES string of the molecule is CCCN(CCC)CCCNC(=O)C(=O)c1cn(CC(=O)N2CCOCC2)c2ccccc12. The van der Waals surface area contributed by atoms with Crippen molar-refractivity contribution in [3.8, 4) is 0 Å². The van der Waals surface area contributed by atoms with Crippen LogP contribution in [0.5, 0.6) is 0 Å². The van der Waals surface area contributed by atoms with Crippen LogP contribution in [-0.4, -0.2) is 84.4 Å². The second-order valence-electron chi connectivity index (χ2n) is 8.46. The molecule has 180 valence electrons. The first-order chi connectivity index (χ1) is 16.0. The van der Waals surface area contributed by atoms with Crippen molar-refractivity contribution in [1.29, 1.82) is 0 Å². The number of carbonyl (C=O) groups is 3. The van der Waals surface area contributed by atoms with E-state index in [1.54, 1.807) is 15.7 Å². The number of Topliss-reactive ketones (excluding diaryl/α,β-unsaturated/α-hetero) is 1. The lowest BCUT2D eigenvalue weighted by molar-refractivity contribution is -0.135. The van der Waals surface area contributed by atoms with E-state index in [4.69, 9.17) is 4.74 Å². The number of nitrogens with one attached hydrogen (secondary N) is 1. The summed E-state index contributed by atoms with van der Waals surface area (Å²) in [4.78, 5) is 42.4. The number of morpholine rings is 1. The fourth-order valence-electron chi connectivity index (χ4n) is 4.29. The minimum Gasteiger partial charge on any atom is -0.378 e. The third-order valence-corrected chi connectivity index (χ3v) is 5.93. The van der Waals surface area contributed by atoms with Gasteiger partial charge in [0.25, 0.3) is 11.7 Å². The van der Waals surface area contributed by atoms with Crippen molar-refractivity contribution in [2.24, 2.45) is 0 Å². The highest BCUT2D eigenvalue weighted by Crippen LogP contribution is 2.22. The summed E-state index contributed by atoms with van der Waals surface area (Å²) < 4.78 is 7.08. The van der Waals surface area contributed by atoms with Crippen LogP contribution in [-0.2, 0) is 20.9 Å². The summed E-state index contributed by atoms with van der Waals surface area (Å²) in [6, 6.07) is 7.39. The summed E-state index contributed by atoms with van der Waals surface area (Å²) in [6.45, 7) is 10.1. The molecule has 1 aliphatic heterocycles. The lowest BCUT2D eigenvalue weighted by Crippen LogP contribution is -2.42. The zero-order chi connectivity index (χ0) is 23.6. The Morgan fingerprint density at radius 1 is 1.03 bits per heavy atom. The molecule has 0 aliphatic carbocycles. The van der Waals surface area contributed by atoms with Gasteiger partial charge in [0.05, 0.1) is 18.8 Å². The molecule has 0 atom stereocenters. The fraction of sp³-hybridized carbons (Fsp3) is 0.560. The number of hydrogen-bond acceptors (Lipinski definition) is 5. The molecule has 8 nitrogen and oxygen atoms in total. The molecule has 0 spiro atoms. The van der Waals surface area contributed by atoms with Crippen LogP contribution in [0.25, 0.3) is 10.9 Å². The quantitative estimate of drug-likeness (QED) is 0.301. The molecule has 2 amide bonds. The molecule has 1 aromatic heterocycles. The van der Waals surface area contributed by atoms with Gasteiger partial charge in [0.2, 0.25) is 5.91 Å². The van der Waals surface area contributed by atoms with Crippen LogP contribution in [0.3, 0.4) is 0 Å². The van der Waals surface area contributed by atoms with E-state index in [9.17, 15) is 14.4 Å². The van der Waals surface area contributed by atoms with Gasteiger partial charge in [-0.05, 0) is 45.0 Å². The highest BCUT2D eigenvalue weighted by atomic mass is 16.5. The van der Waals surface area contributed by atoms with E-state index in [0.29, 0.717) is 43.8 Å². The molecule has 2 aromatic rings. The summed E-state index contributed by atoms with van der Waals surface area (Å²) in [6.07, 6.45) is 4.63. The minimum atomic E-state index is -0.602. The Labute approximate surface area is 195 Å². The van der Waals surface area contributed by atoms with Gasteiger partial charge in [-0.2, -0.15) is 0 Å². The van der Waals surface area contributed by atoms with Gasteiger partial charge in [-0.1, -0.05) is 32.0 Å². The summed E-state index contributed by atoms with van der Waals surface area (Å²) in [5.41, 5.74) is 1.10. The van der Waals surface area contributed by atoms with Gasteiger partial charge in [0.15, 0.2) is 0 Å². The second-order valence-corrected chi connectivity index (χ2v) is 8.46. The number of hydrogen-bond donors (Lipinski definition) is 1. The van der Waals surface area contributed by atoms with Gasteiger partial charge < -0.3 is 24.4 Å². The van der Waals surface area contributed by atoms with Crippen LogP contribution in [0.1, 0.15) is 43.5 Å². The first-order valence-corrected chi connectivity index (χ1v) is 12.0. The number of ether oxygens (including phenoxy) is 1. The molecular formula is C25H36N4O4. The maximum atomic E-state index is 12.9. The number of benzene rings is 1. The van der Waals surface area contributed by atoms with Gasteiger partial charge in [-0.15, -0.1) is 0 Å². The second kappa shape index (κ2) is 12.5. The number of carbonyl (C=O) groups excluding carboxylic acids is 3. The topological polar surface area (TPSA) is 83.9 Å². The van der Waals surface area contributed by atoms with Crippen molar-refractivity contribution in [3.63, 3.8) is 0 Å². The molecule has 2 heterocycles. The Bertz CT molecular complexity index is 943. The van der Waals surface area contributed by atoms with Gasteiger partial charge in [-0.3, -0.25) is 14.4 Å². The average Bonchev–Trinajstić information content (AvgIpc) is 3.20. The average molecular weight is 457 g/mol. The molecule has 1 aliphatic rings. The molecule has 1 aromatic carbocycles. The Hall–Kier alpha value is -2.71. The van der Waals surface area contributed by atoms with Crippen LogP contribution in [0.15, 0.2) is 30.5 Å². The van der Waals surface area contributed by atoms with E-state index >= 15 is 0 Å². The smallest absolute Gasteiger partial charge is 0.292 e. The van der Waals surface area contributed by atoms with E-state index < -0.39 is 11.7 Å². The molecule has 0 radical (unpaired) electrons. The number of nitrogens with zero attached hydrogens (tertiary/aromatic N) is 3. The van der Waals surface area contributed by atoms with Gasteiger partial charge in [0, 0.05) is 36.7 Å². The zero-order valence-electron chi connectivity index (χ0n) is 19.8. The lowest BCUT2D eigenvalue weighted by Gasteiger charge is -2.27. The van der Waals surface area contributed by atoms with Gasteiger partial charge in [0.1, 0.15) is 6.54 Å². The van der Waals surface area contributed by atoms with Crippen molar-refractivity contribution in [1.82, 2.24) is 19.7 Å². The predicted octanol–water partition coefficient (Wildman–Crippen LogP) is 2.31. The van der Waals surface area contributed by atoms with Gasteiger partial charge in [-0.25, -0.2) is 0 Å². The van der Waals surface area contributed by atoms with E-state index in [-0.39, 0.29) is 12.5 Å². The number of ketones is 1. The minimum absolute atomic E-state index is 0.0220.